The van der Waals surface area contributed by atoms with Gasteiger partial charge in [0.15, 0.2) is 5.96 Å². The molecular formula is C23H29IN6O. The first kappa shape index (κ1) is 23.1. The van der Waals surface area contributed by atoms with Crippen molar-refractivity contribution in [2.75, 3.05) is 25.0 Å². The fourth-order valence-electron chi connectivity index (χ4n) is 3.62. The quantitative estimate of drug-likeness (QED) is 0.294. The molecule has 0 aliphatic carbocycles. The second-order valence-electron chi connectivity index (χ2n) is 7.48. The third-order valence-corrected chi connectivity index (χ3v) is 5.27. The number of anilines is 1. The van der Waals surface area contributed by atoms with Gasteiger partial charge in [-0.3, -0.25) is 4.99 Å². The summed E-state index contributed by atoms with van der Waals surface area (Å²) in [5, 5.41) is 6.87. The summed E-state index contributed by atoms with van der Waals surface area (Å²) in [6, 6.07) is 16.5. The number of guanidine groups is 1. The Morgan fingerprint density at radius 1 is 1.10 bits per heavy atom. The average molecular weight is 532 g/mol. The van der Waals surface area contributed by atoms with Gasteiger partial charge in [0.25, 0.3) is 0 Å². The highest BCUT2D eigenvalue weighted by molar-refractivity contribution is 14.0. The van der Waals surface area contributed by atoms with E-state index in [1.54, 1.807) is 13.3 Å². The molecule has 0 amide bonds. The monoisotopic (exact) mass is 532 g/mol. The lowest BCUT2D eigenvalue weighted by Gasteiger charge is -2.33. The Bertz CT molecular complexity index is 982. The Morgan fingerprint density at radius 3 is 2.58 bits per heavy atom. The van der Waals surface area contributed by atoms with Crippen molar-refractivity contribution >= 4 is 35.8 Å². The van der Waals surface area contributed by atoms with Gasteiger partial charge in [-0.05, 0) is 44.0 Å². The SMILES string of the molecule is CN=C(NCc1coc(-c2ccccc2)n1)NC1CCN(c2cccc(C)n2)CC1.I. The minimum absolute atomic E-state index is 0. The van der Waals surface area contributed by atoms with Gasteiger partial charge in [-0.2, -0.15) is 0 Å². The number of aliphatic imine (C=N–C) groups is 1. The van der Waals surface area contributed by atoms with E-state index in [1.807, 2.05) is 43.3 Å². The Morgan fingerprint density at radius 2 is 1.87 bits per heavy atom. The first-order chi connectivity index (χ1) is 14.7. The summed E-state index contributed by atoms with van der Waals surface area (Å²) < 4.78 is 5.61. The third-order valence-electron chi connectivity index (χ3n) is 5.27. The van der Waals surface area contributed by atoms with Crippen molar-refractivity contribution in [3.8, 4) is 11.5 Å². The molecule has 1 aromatic carbocycles. The van der Waals surface area contributed by atoms with Crippen LogP contribution >= 0.6 is 24.0 Å². The largest absolute Gasteiger partial charge is 0.444 e. The van der Waals surface area contributed by atoms with Gasteiger partial charge in [-0.15, -0.1) is 24.0 Å². The van der Waals surface area contributed by atoms with Gasteiger partial charge in [-0.25, -0.2) is 9.97 Å². The highest BCUT2D eigenvalue weighted by atomic mass is 127. The molecule has 1 aliphatic heterocycles. The number of aryl methyl sites for hydroxylation is 1. The first-order valence-corrected chi connectivity index (χ1v) is 10.4. The maximum Gasteiger partial charge on any atom is 0.226 e. The molecule has 0 radical (unpaired) electrons. The number of rotatable bonds is 5. The zero-order valence-corrected chi connectivity index (χ0v) is 20.2. The zero-order valence-electron chi connectivity index (χ0n) is 17.9. The number of hydrogen-bond donors (Lipinski definition) is 2. The minimum atomic E-state index is 0. The fourth-order valence-corrected chi connectivity index (χ4v) is 3.62. The van der Waals surface area contributed by atoms with E-state index < -0.39 is 0 Å². The van der Waals surface area contributed by atoms with Crippen molar-refractivity contribution in [2.45, 2.75) is 32.4 Å². The summed E-state index contributed by atoms with van der Waals surface area (Å²) in [4.78, 5) is 15.9. The molecule has 2 aromatic heterocycles. The summed E-state index contributed by atoms with van der Waals surface area (Å²) in [7, 11) is 1.79. The number of benzene rings is 1. The van der Waals surface area contributed by atoms with E-state index in [1.165, 1.54) is 0 Å². The lowest BCUT2D eigenvalue weighted by Crippen LogP contribution is -2.48. The van der Waals surface area contributed by atoms with Gasteiger partial charge >= 0.3 is 0 Å². The molecule has 0 bridgehead atoms. The summed E-state index contributed by atoms with van der Waals surface area (Å²) in [5.41, 5.74) is 2.87. The molecule has 1 aliphatic rings. The highest BCUT2D eigenvalue weighted by Crippen LogP contribution is 2.19. The maximum atomic E-state index is 5.61. The number of nitrogens with zero attached hydrogens (tertiary/aromatic N) is 4. The van der Waals surface area contributed by atoms with E-state index in [0.29, 0.717) is 18.5 Å². The van der Waals surface area contributed by atoms with E-state index in [4.69, 9.17) is 4.42 Å². The van der Waals surface area contributed by atoms with E-state index in [0.717, 1.165) is 54.7 Å². The molecule has 31 heavy (non-hydrogen) atoms. The standard InChI is InChI=1S/C23H28N6O.HI/c1-17-7-6-10-21(26-17)29-13-11-19(12-14-29)28-23(24-2)25-15-20-16-30-22(27-20)18-8-4-3-5-9-18;/h3-10,16,19H,11-15H2,1-2H3,(H2,24,25,28);1H. The maximum absolute atomic E-state index is 5.61. The molecule has 2 N–H and O–H groups in total. The Balaban J connectivity index is 0.00000272. The van der Waals surface area contributed by atoms with Gasteiger partial charge in [0.05, 0.1) is 12.2 Å². The van der Waals surface area contributed by atoms with Crippen molar-refractivity contribution in [1.29, 1.82) is 0 Å². The molecule has 1 fully saturated rings. The second-order valence-corrected chi connectivity index (χ2v) is 7.48. The van der Waals surface area contributed by atoms with Gasteiger partial charge in [-0.1, -0.05) is 24.3 Å². The lowest BCUT2D eigenvalue weighted by atomic mass is 10.1. The first-order valence-electron chi connectivity index (χ1n) is 10.4. The van der Waals surface area contributed by atoms with Crippen LogP contribution in [0.2, 0.25) is 0 Å². The van der Waals surface area contributed by atoms with Crippen molar-refractivity contribution in [2.24, 2.45) is 4.99 Å². The molecule has 3 aromatic rings. The number of nitrogens with one attached hydrogen (secondary N) is 2. The van der Waals surface area contributed by atoms with Crippen molar-refractivity contribution in [3.05, 3.63) is 66.2 Å². The Hall–Kier alpha value is -2.62. The van der Waals surface area contributed by atoms with Crippen LogP contribution in [0.3, 0.4) is 0 Å². The predicted octanol–water partition coefficient (Wildman–Crippen LogP) is 4.00. The van der Waals surface area contributed by atoms with Crippen LogP contribution in [0.5, 0.6) is 0 Å². The Labute approximate surface area is 200 Å². The molecule has 4 rings (SSSR count). The van der Waals surface area contributed by atoms with Crippen LogP contribution in [0.15, 0.2) is 64.2 Å². The fraction of sp³-hybridized carbons (Fsp3) is 0.348. The molecule has 1 saturated heterocycles. The second kappa shape index (κ2) is 11.1. The summed E-state index contributed by atoms with van der Waals surface area (Å²) >= 11 is 0. The van der Waals surface area contributed by atoms with E-state index >= 15 is 0 Å². The van der Waals surface area contributed by atoms with Crippen molar-refractivity contribution in [3.63, 3.8) is 0 Å². The van der Waals surface area contributed by atoms with Crippen molar-refractivity contribution < 1.29 is 4.42 Å². The molecule has 8 heteroatoms. The van der Waals surface area contributed by atoms with Crippen LogP contribution in [0.4, 0.5) is 5.82 Å². The number of hydrogen-bond acceptors (Lipinski definition) is 5. The van der Waals surface area contributed by atoms with Gasteiger partial charge in [0.1, 0.15) is 12.1 Å². The van der Waals surface area contributed by atoms with Gasteiger partial charge < -0.3 is 20.0 Å². The smallest absolute Gasteiger partial charge is 0.226 e. The number of halogens is 1. The molecule has 3 heterocycles. The average Bonchev–Trinajstić information content (AvgIpc) is 3.27. The number of pyridine rings is 1. The topological polar surface area (TPSA) is 78.6 Å². The summed E-state index contributed by atoms with van der Waals surface area (Å²) in [5.74, 6) is 2.48. The van der Waals surface area contributed by atoms with Crippen LogP contribution in [0.25, 0.3) is 11.5 Å². The van der Waals surface area contributed by atoms with Crippen LogP contribution in [-0.2, 0) is 6.54 Å². The number of piperidine rings is 1. The molecular weight excluding hydrogens is 503 g/mol. The van der Waals surface area contributed by atoms with Crippen LogP contribution in [0.1, 0.15) is 24.2 Å². The molecule has 0 saturated carbocycles. The van der Waals surface area contributed by atoms with Gasteiger partial charge in [0, 0.05) is 37.4 Å². The summed E-state index contributed by atoms with van der Waals surface area (Å²) in [6.07, 6.45) is 3.77. The summed E-state index contributed by atoms with van der Waals surface area (Å²) in [6.45, 7) is 4.55. The Kier molecular flexibility index (Phi) is 8.27. The molecule has 0 spiro atoms. The molecule has 0 unspecified atom stereocenters. The molecule has 0 atom stereocenters. The van der Waals surface area contributed by atoms with Gasteiger partial charge in [0.2, 0.25) is 5.89 Å². The molecule has 7 nitrogen and oxygen atoms in total. The van der Waals surface area contributed by atoms with Crippen LogP contribution < -0.4 is 15.5 Å². The number of oxazole rings is 1. The minimum Gasteiger partial charge on any atom is -0.444 e. The highest BCUT2D eigenvalue weighted by Gasteiger charge is 2.21. The van der Waals surface area contributed by atoms with Crippen LogP contribution in [0, 0.1) is 6.92 Å². The molecule has 164 valence electrons. The van der Waals surface area contributed by atoms with Crippen molar-refractivity contribution in [1.82, 2.24) is 20.6 Å². The van der Waals surface area contributed by atoms with E-state index in [2.05, 4.69) is 42.6 Å². The lowest BCUT2D eigenvalue weighted by molar-refractivity contribution is 0.459. The van der Waals surface area contributed by atoms with E-state index in [9.17, 15) is 0 Å². The zero-order chi connectivity index (χ0) is 20.8. The third kappa shape index (κ3) is 6.19. The van der Waals surface area contributed by atoms with Crippen LogP contribution in [-0.4, -0.2) is 42.1 Å². The normalized spacial score (nSPS) is 14.8. The predicted molar refractivity (Wildman–Crippen MR) is 135 cm³/mol. The van der Waals surface area contributed by atoms with E-state index in [-0.39, 0.29) is 24.0 Å². The number of aromatic nitrogens is 2.